The van der Waals surface area contributed by atoms with Crippen LogP contribution in [0.25, 0.3) is 0 Å². The maximum atomic E-state index is 6.27. The minimum atomic E-state index is 0.281. The number of aryl methyl sites for hydroxylation is 1. The van der Waals surface area contributed by atoms with Gasteiger partial charge in [0.2, 0.25) is 0 Å². The van der Waals surface area contributed by atoms with Gasteiger partial charge in [-0.15, -0.1) is 11.3 Å². The third-order valence-corrected chi connectivity index (χ3v) is 5.92. The molecule has 0 spiro atoms. The molecule has 0 aliphatic heterocycles. The molecule has 0 aliphatic carbocycles. The topological polar surface area (TPSA) is 0 Å². The molecule has 17 heavy (non-hydrogen) atoms. The smallest absolute Gasteiger partial charge is 0.0585 e. The van der Waals surface area contributed by atoms with Crippen molar-refractivity contribution in [3.8, 4) is 0 Å². The largest absolute Gasteiger partial charge is 0.146 e. The Bertz CT molecular complexity index is 522. The van der Waals surface area contributed by atoms with Crippen molar-refractivity contribution in [2.45, 2.75) is 18.2 Å². The number of rotatable bonds is 3. The van der Waals surface area contributed by atoms with Gasteiger partial charge in [-0.2, -0.15) is 0 Å². The average molecular weight is 395 g/mol. The Morgan fingerprint density at radius 1 is 1.41 bits per heavy atom. The van der Waals surface area contributed by atoms with Gasteiger partial charge in [0.25, 0.3) is 0 Å². The first kappa shape index (κ1) is 13.6. The van der Waals surface area contributed by atoms with E-state index in [4.69, 9.17) is 11.6 Å². The fraction of sp³-hybridized carbons (Fsp3) is 0.231. The highest BCUT2D eigenvalue weighted by molar-refractivity contribution is 9.10. The zero-order valence-corrected chi connectivity index (χ0v) is 14.0. The minimum Gasteiger partial charge on any atom is -0.146 e. The van der Waals surface area contributed by atoms with Crippen LogP contribution in [0.1, 0.15) is 20.8 Å². The molecule has 90 valence electrons. The van der Waals surface area contributed by atoms with Crippen LogP contribution in [0.5, 0.6) is 0 Å². The predicted molar refractivity (Wildman–Crippen MR) is 83.6 cm³/mol. The molecule has 0 amide bonds. The maximum absolute atomic E-state index is 6.27. The number of benzene rings is 1. The summed E-state index contributed by atoms with van der Waals surface area (Å²) in [6.45, 7) is 2.04. The van der Waals surface area contributed by atoms with E-state index < -0.39 is 0 Å². The van der Waals surface area contributed by atoms with Crippen LogP contribution in [0, 0.1) is 6.92 Å². The summed E-state index contributed by atoms with van der Waals surface area (Å²) in [5.74, 6) is 0. The zero-order chi connectivity index (χ0) is 12.4. The predicted octanol–water partition coefficient (Wildman–Crippen LogP) is 6.15. The van der Waals surface area contributed by atoms with Crippen LogP contribution in [-0.4, -0.2) is 0 Å². The summed E-state index contributed by atoms with van der Waals surface area (Å²) < 4.78 is 1.11. The summed E-state index contributed by atoms with van der Waals surface area (Å²) >= 11 is 15.2. The fourth-order valence-corrected chi connectivity index (χ4v) is 4.43. The molecule has 1 aromatic heterocycles. The first-order valence-corrected chi connectivity index (χ1v) is 8.16. The van der Waals surface area contributed by atoms with Crippen molar-refractivity contribution >= 4 is 54.8 Å². The van der Waals surface area contributed by atoms with Crippen LogP contribution in [0.4, 0.5) is 0 Å². The Balaban J connectivity index is 2.17. The third-order valence-electron chi connectivity index (χ3n) is 2.51. The van der Waals surface area contributed by atoms with Crippen LogP contribution >= 0.6 is 54.8 Å². The number of alkyl halides is 1. The van der Waals surface area contributed by atoms with Gasteiger partial charge in [-0.05, 0) is 42.0 Å². The lowest BCUT2D eigenvalue weighted by Gasteiger charge is -2.09. The van der Waals surface area contributed by atoms with Crippen molar-refractivity contribution in [2.24, 2.45) is 0 Å². The molecule has 0 N–H and O–H groups in total. The van der Waals surface area contributed by atoms with Crippen molar-refractivity contribution in [1.29, 1.82) is 0 Å². The molecular weight excluding hydrogens is 383 g/mol. The normalized spacial score (nSPS) is 12.7. The molecule has 0 fully saturated rings. The summed E-state index contributed by atoms with van der Waals surface area (Å²) in [5, 5.41) is 3.00. The third kappa shape index (κ3) is 3.34. The van der Waals surface area contributed by atoms with Gasteiger partial charge >= 0.3 is 0 Å². The van der Waals surface area contributed by atoms with Gasteiger partial charge < -0.3 is 0 Å². The molecule has 1 atom stereocenters. The highest BCUT2D eigenvalue weighted by atomic mass is 79.9. The molecule has 2 aromatic rings. The van der Waals surface area contributed by atoms with Gasteiger partial charge in [0, 0.05) is 9.35 Å². The number of hydrogen-bond donors (Lipinski definition) is 0. The standard InChI is InChI=1S/C13H11Br2ClS/c1-8-7-17-13(12(8)16)11(15)6-9-3-2-4-10(14)5-9/h2-5,7,11H,6H2,1H3. The van der Waals surface area contributed by atoms with Crippen molar-refractivity contribution in [3.05, 3.63) is 55.1 Å². The van der Waals surface area contributed by atoms with Crippen LogP contribution < -0.4 is 0 Å². The van der Waals surface area contributed by atoms with E-state index in [-0.39, 0.29) is 4.83 Å². The Kier molecular flexibility index (Phi) is 4.70. The summed E-state index contributed by atoms with van der Waals surface area (Å²) in [6, 6.07) is 8.37. The Hall–Kier alpha value is 0.170. The quantitative estimate of drug-likeness (QED) is 0.548. The van der Waals surface area contributed by atoms with Crippen molar-refractivity contribution < 1.29 is 0 Å². The number of halogens is 3. The Morgan fingerprint density at radius 2 is 2.18 bits per heavy atom. The van der Waals surface area contributed by atoms with Crippen LogP contribution in [0.3, 0.4) is 0 Å². The monoisotopic (exact) mass is 392 g/mol. The minimum absolute atomic E-state index is 0.281. The molecule has 0 aliphatic rings. The Labute approximate surface area is 127 Å². The second-order valence-corrected chi connectivity index (χ2v) is 7.21. The van der Waals surface area contributed by atoms with Crippen molar-refractivity contribution in [1.82, 2.24) is 0 Å². The summed E-state index contributed by atoms with van der Waals surface area (Å²) in [4.78, 5) is 1.49. The lowest BCUT2D eigenvalue weighted by molar-refractivity contribution is 0.967. The van der Waals surface area contributed by atoms with Gasteiger partial charge in [0.05, 0.1) is 9.85 Å². The number of thiophene rings is 1. The highest BCUT2D eigenvalue weighted by Crippen LogP contribution is 2.38. The molecule has 1 heterocycles. The van der Waals surface area contributed by atoms with Gasteiger partial charge in [-0.25, -0.2) is 0 Å². The molecule has 0 nitrogen and oxygen atoms in total. The van der Waals surface area contributed by atoms with Gasteiger partial charge in [0.1, 0.15) is 0 Å². The van der Waals surface area contributed by atoms with Crippen LogP contribution in [0.2, 0.25) is 5.02 Å². The van der Waals surface area contributed by atoms with E-state index in [1.54, 1.807) is 11.3 Å². The lowest BCUT2D eigenvalue weighted by atomic mass is 10.1. The van der Waals surface area contributed by atoms with Crippen molar-refractivity contribution in [2.75, 3.05) is 0 Å². The zero-order valence-electron chi connectivity index (χ0n) is 9.21. The molecule has 2 rings (SSSR count). The van der Waals surface area contributed by atoms with Crippen LogP contribution in [-0.2, 0) is 6.42 Å². The second-order valence-electron chi connectivity index (χ2n) is 3.90. The van der Waals surface area contributed by atoms with Gasteiger partial charge in [-0.3, -0.25) is 0 Å². The SMILES string of the molecule is Cc1csc(C(Br)Cc2cccc(Br)c2)c1Cl. The van der Waals surface area contributed by atoms with E-state index in [9.17, 15) is 0 Å². The molecule has 1 unspecified atom stereocenters. The molecule has 1 aromatic carbocycles. The molecule has 0 radical (unpaired) electrons. The van der Waals surface area contributed by atoms with E-state index in [2.05, 4.69) is 55.4 Å². The molecular formula is C13H11Br2ClS. The van der Waals surface area contributed by atoms with Gasteiger partial charge in [0.15, 0.2) is 0 Å². The van der Waals surface area contributed by atoms with E-state index in [1.807, 2.05) is 13.0 Å². The highest BCUT2D eigenvalue weighted by Gasteiger charge is 2.15. The van der Waals surface area contributed by atoms with E-state index >= 15 is 0 Å². The van der Waals surface area contributed by atoms with E-state index in [0.29, 0.717) is 0 Å². The van der Waals surface area contributed by atoms with Crippen LogP contribution in [0.15, 0.2) is 34.1 Å². The summed E-state index contributed by atoms with van der Waals surface area (Å²) in [7, 11) is 0. The van der Waals surface area contributed by atoms with E-state index in [0.717, 1.165) is 21.5 Å². The molecule has 0 saturated carbocycles. The molecule has 0 bridgehead atoms. The van der Waals surface area contributed by atoms with Gasteiger partial charge in [-0.1, -0.05) is 55.6 Å². The first-order valence-electron chi connectivity index (χ1n) is 5.20. The number of hydrogen-bond acceptors (Lipinski definition) is 1. The van der Waals surface area contributed by atoms with E-state index in [1.165, 1.54) is 10.4 Å². The lowest BCUT2D eigenvalue weighted by Crippen LogP contribution is -1.93. The molecule has 0 saturated heterocycles. The average Bonchev–Trinajstić information content (AvgIpc) is 2.60. The Morgan fingerprint density at radius 3 is 2.76 bits per heavy atom. The summed E-state index contributed by atoms with van der Waals surface area (Å²) in [6.07, 6.45) is 0.944. The van der Waals surface area contributed by atoms with Crippen molar-refractivity contribution in [3.63, 3.8) is 0 Å². The fourth-order valence-electron chi connectivity index (χ4n) is 1.62. The maximum Gasteiger partial charge on any atom is 0.0585 e. The molecule has 4 heteroatoms. The first-order chi connectivity index (χ1) is 8.08. The second kappa shape index (κ2) is 5.87. The summed E-state index contributed by atoms with van der Waals surface area (Å²) in [5.41, 5.74) is 2.45.